The van der Waals surface area contributed by atoms with Crippen molar-refractivity contribution < 1.29 is 0 Å². The smallest absolute Gasteiger partial charge is 0.271 e. The average molecular weight is 215 g/mol. The molecule has 82 valence electrons. The molecule has 0 radical (unpaired) electrons. The highest BCUT2D eigenvalue weighted by Crippen LogP contribution is 2.27. The fourth-order valence-electron chi connectivity index (χ4n) is 2.41. The van der Waals surface area contributed by atoms with E-state index in [1.165, 1.54) is 5.56 Å². The van der Waals surface area contributed by atoms with Crippen molar-refractivity contribution in [1.82, 2.24) is 14.8 Å². The molecule has 3 rings (SSSR count). The van der Waals surface area contributed by atoms with E-state index in [1.807, 2.05) is 18.2 Å². The molecule has 1 aliphatic heterocycles. The maximum Gasteiger partial charge on any atom is 0.343 e. The molecule has 0 spiro atoms. The molecule has 2 heterocycles. The van der Waals surface area contributed by atoms with Crippen molar-refractivity contribution in [2.24, 2.45) is 0 Å². The minimum Gasteiger partial charge on any atom is -0.271 e. The van der Waals surface area contributed by atoms with Crippen LogP contribution in [0.2, 0.25) is 0 Å². The molecule has 1 atom stereocenters. The molecule has 1 aliphatic rings. The Kier molecular flexibility index (Phi) is 2.13. The minimum atomic E-state index is -0.0939. The third-order valence-electron chi connectivity index (χ3n) is 3.15. The first kappa shape index (κ1) is 9.39. The highest BCUT2D eigenvalue weighted by Gasteiger charge is 2.23. The monoisotopic (exact) mass is 215 g/mol. The fourth-order valence-corrected chi connectivity index (χ4v) is 2.41. The van der Waals surface area contributed by atoms with Gasteiger partial charge < -0.3 is 0 Å². The van der Waals surface area contributed by atoms with Crippen LogP contribution in [0.4, 0.5) is 0 Å². The molecule has 0 amide bonds. The van der Waals surface area contributed by atoms with Gasteiger partial charge in [0.2, 0.25) is 0 Å². The Morgan fingerprint density at radius 1 is 1.31 bits per heavy atom. The lowest BCUT2D eigenvalue weighted by Gasteiger charge is -2.23. The lowest BCUT2D eigenvalue weighted by molar-refractivity contribution is 0.442. The van der Waals surface area contributed by atoms with E-state index in [2.05, 4.69) is 22.3 Å². The summed E-state index contributed by atoms with van der Waals surface area (Å²) in [6, 6.07) is 10.3. The number of hydrogen-bond acceptors (Lipinski definition) is 2. The molecule has 0 saturated carbocycles. The summed E-state index contributed by atoms with van der Waals surface area (Å²) in [7, 11) is 0. The van der Waals surface area contributed by atoms with Gasteiger partial charge in [-0.15, -0.1) is 0 Å². The summed E-state index contributed by atoms with van der Waals surface area (Å²) in [5.41, 5.74) is 1.09. The van der Waals surface area contributed by atoms with Gasteiger partial charge in [-0.3, -0.25) is 4.57 Å². The van der Waals surface area contributed by atoms with Crippen LogP contribution < -0.4 is 5.69 Å². The van der Waals surface area contributed by atoms with E-state index in [-0.39, 0.29) is 11.7 Å². The third-order valence-corrected chi connectivity index (χ3v) is 3.15. The standard InChI is InChI=1S/C12H13N3O/c16-12-14-13-11-8-4-7-10(15(11)12)9-5-2-1-3-6-9/h1-3,5-6,10H,4,7-8H2,(H,14,16)/t10-/m0/s1. The molecule has 1 N–H and O–H groups in total. The second-order valence-electron chi connectivity index (χ2n) is 4.13. The van der Waals surface area contributed by atoms with Crippen molar-refractivity contribution in [3.63, 3.8) is 0 Å². The second kappa shape index (κ2) is 3.63. The molecule has 4 nitrogen and oxygen atoms in total. The number of aryl methyl sites for hydroxylation is 1. The number of aromatic amines is 1. The summed E-state index contributed by atoms with van der Waals surface area (Å²) in [6.45, 7) is 0. The molecular weight excluding hydrogens is 202 g/mol. The van der Waals surface area contributed by atoms with Crippen molar-refractivity contribution in [2.45, 2.75) is 25.3 Å². The van der Waals surface area contributed by atoms with Gasteiger partial charge in [-0.2, -0.15) is 5.10 Å². The molecule has 4 heteroatoms. The molecule has 0 fully saturated rings. The van der Waals surface area contributed by atoms with E-state index in [0.29, 0.717) is 0 Å². The molecular formula is C12H13N3O. The van der Waals surface area contributed by atoms with Crippen LogP contribution in [0.25, 0.3) is 0 Å². The summed E-state index contributed by atoms with van der Waals surface area (Å²) >= 11 is 0. The maximum absolute atomic E-state index is 11.7. The minimum absolute atomic E-state index is 0.0939. The van der Waals surface area contributed by atoms with E-state index in [1.54, 1.807) is 4.57 Å². The third kappa shape index (κ3) is 1.38. The van der Waals surface area contributed by atoms with E-state index < -0.39 is 0 Å². The highest BCUT2D eigenvalue weighted by molar-refractivity contribution is 5.21. The van der Waals surface area contributed by atoms with Gasteiger partial charge in [0, 0.05) is 6.42 Å². The topological polar surface area (TPSA) is 50.7 Å². The Morgan fingerprint density at radius 2 is 2.12 bits per heavy atom. The molecule has 0 unspecified atom stereocenters. The van der Waals surface area contributed by atoms with Gasteiger partial charge in [0.1, 0.15) is 5.82 Å². The number of H-pyrrole nitrogens is 1. The first-order chi connectivity index (χ1) is 7.86. The van der Waals surface area contributed by atoms with E-state index >= 15 is 0 Å². The summed E-state index contributed by atoms with van der Waals surface area (Å²) < 4.78 is 1.79. The van der Waals surface area contributed by atoms with Gasteiger partial charge in [0.05, 0.1) is 6.04 Å². The van der Waals surface area contributed by atoms with Crippen molar-refractivity contribution in [2.75, 3.05) is 0 Å². The zero-order chi connectivity index (χ0) is 11.0. The summed E-state index contributed by atoms with van der Waals surface area (Å²) in [5, 5.41) is 6.59. The van der Waals surface area contributed by atoms with Crippen molar-refractivity contribution in [3.05, 3.63) is 52.2 Å². The molecule has 1 aromatic heterocycles. The highest BCUT2D eigenvalue weighted by atomic mass is 16.1. The summed E-state index contributed by atoms with van der Waals surface area (Å²) in [5.74, 6) is 0.880. The predicted molar refractivity (Wildman–Crippen MR) is 60.4 cm³/mol. The Labute approximate surface area is 92.9 Å². The number of nitrogens with one attached hydrogen (secondary N) is 1. The van der Waals surface area contributed by atoms with Gasteiger partial charge in [0.25, 0.3) is 0 Å². The van der Waals surface area contributed by atoms with Crippen LogP contribution >= 0.6 is 0 Å². The molecule has 1 aromatic carbocycles. The Balaban J connectivity index is 2.12. The fraction of sp³-hybridized carbons (Fsp3) is 0.333. The zero-order valence-corrected chi connectivity index (χ0v) is 8.89. The van der Waals surface area contributed by atoms with Gasteiger partial charge in [-0.25, -0.2) is 9.89 Å². The van der Waals surface area contributed by atoms with Crippen molar-refractivity contribution in [3.8, 4) is 0 Å². The van der Waals surface area contributed by atoms with Gasteiger partial charge in [-0.1, -0.05) is 30.3 Å². The SMILES string of the molecule is O=c1[nH]nc2n1[C@H](c1ccccc1)CCC2. The quantitative estimate of drug-likeness (QED) is 0.783. The van der Waals surface area contributed by atoms with E-state index in [4.69, 9.17) is 0 Å². The van der Waals surface area contributed by atoms with Crippen LogP contribution in [0.1, 0.15) is 30.3 Å². The van der Waals surface area contributed by atoms with E-state index in [9.17, 15) is 4.79 Å². The normalized spacial score (nSPS) is 19.4. The lowest BCUT2D eigenvalue weighted by Crippen LogP contribution is -2.28. The average Bonchev–Trinajstić information content (AvgIpc) is 2.73. The van der Waals surface area contributed by atoms with Gasteiger partial charge in [-0.05, 0) is 18.4 Å². The molecule has 0 aliphatic carbocycles. The number of benzene rings is 1. The van der Waals surface area contributed by atoms with Crippen LogP contribution in [0.15, 0.2) is 35.1 Å². The molecule has 16 heavy (non-hydrogen) atoms. The Hall–Kier alpha value is -1.84. The maximum atomic E-state index is 11.7. The number of nitrogens with zero attached hydrogens (tertiary/aromatic N) is 2. The molecule has 2 aromatic rings. The molecule has 0 saturated heterocycles. The van der Waals surface area contributed by atoms with Crippen molar-refractivity contribution >= 4 is 0 Å². The zero-order valence-electron chi connectivity index (χ0n) is 8.89. The number of aromatic nitrogens is 3. The van der Waals surface area contributed by atoms with Crippen molar-refractivity contribution in [1.29, 1.82) is 0 Å². The second-order valence-corrected chi connectivity index (χ2v) is 4.13. The Morgan fingerprint density at radius 3 is 2.94 bits per heavy atom. The predicted octanol–water partition coefficient (Wildman–Crippen LogP) is 1.50. The van der Waals surface area contributed by atoms with Crippen LogP contribution in [-0.2, 0) is 6.42 Å². The number of fused-ring (bicyclic) bond motifs is 1. The summed E-state index contributed by atoms with van der Waals surface area (Å²) in [4.78, 5) is 11.7. The van der Waals surface area contributed by atoms with Crippen LogP contribution in [0.3, 0.4) is 0 Å². The first-order valence-electron chi connectivity index (χ1n) is 5.57. The van der Waals surface area contributed by atoms with Gasteiger partial charge >= 0.3 is 5.69 Å². The van der Waals surface area contributed by atoms with Gasteiger partial charge in [0.15, 0.2) is 0 Å². The van der Waals surface area contributed by atoms with Crippen LogP contribution in [-0.4, -0.2) is 14.8 Å². The van der Waals surface area contributed by atoms with E-state index in [0.717, 1.165) is 25.1 Å². The first-order valence-corrected chi connectivity index (χ1v) is 5.57. The lowest BCUT2D eigenvalue weighted by atomic mass is 9.97. The largest absolute Gasteiger partial charge is 0.343 e. The van der Waals surface area contributed by atoms with Crippen LogP contribution in [0, 0.1) is 0 Å². The number of rotatable bonds is 1. The summed E-state index contributed by atoms with van der Waals surface area (Å²) in [6.07, 6.45) is 2.99. The number of hydrogen-bond donors (Lipinski definition) is 1. The van der Waals surface area contributed by atoms with Crippen LogP contribution in [0.5, 0.6) is 0 Å². The molecule has 0 bridgehead atoms. The Bertz CT molecular complexity index is 541.